The number of hydrogen-bond donors (Lipinski definition) is 1. The van der Waals surface area contributed by atoms with E-state index < -0.39 is 0 Å². The lowest BCUT2D eigenvalue weighted by molar-refractivity contribution is 0.182. The van der Waals surface area contributed by atoms with Crippen LogP contribution in [0.3, 0.4) is 0 Å². The van der Waals surface area contributed by atoms with Crippen molar-refractivity contribution in [3.8, 4) is 5.82 Å². The average molecular weight is 365 g/mol. The highest BCUT2D eigenvalue weighted by Crippen LogP contribution is 2.38. The van der Waals surface area contributed by atoms with Crippen molar-refractivity contribution >= 4 is 5.82 Å². The molecule has 2 aliphatic rings. The highest BCUT2D eigenvalue weighted by atomic mass is 16.5. The molecule has 3 aromatic rings. The molecule has 9 heteroatoms. The standard InChI is InChI=1S/C18H19N7O2/c26-18-5-4-13(12-2-3-12)23-25(18)15-11-27-10-14(15)21-16-8-19-9-17(22-16)24-7-1-6-20-24/h1,4-9,12,14-15H,2-3,10-11H2,(H,21,22). The SMILES string of the molecule is O=c1ccc(C2CC2)nn1C1COCC1Nc1cncc(-n2cccn2)n1. The quantitative estimate of drug-likeness (QED) is 0.724. The summed E-state index contributed by atoms with van der Waals surface area (Å²) in [5.41, 5.74) is 0.874. The van der Waals surface area contributed by atoms with E-state index in [0.29, 0.717) is 30.8 Å². The van der Waals surface area contributed by atoms with Crippen molar-refractivity contribution in [1.29, 1.82) is 0 Å². The molecule has 138 valence electrons. The molecule has 1 saturated heterocycles. The Kier molecular flexibility index (Phi) is 3.93. The summed E-state index contributed by atoms with van der Waals surface area (Å²) in [7, 11) is 0. The molecule has 0 amide bonds. The van der Waals surface area contributed by atoms with Crippen molar-refractivity contribution in [1.82, 2.24) is 29.5 Å². The van der Waals surface area contributed by atoms with E-state index in [1.807, 2.05) is 18.3 Å². The van der Waals surface area contributed by atoms with Crippen LogP contribution in [0.2, 0.25) is 0 Å². The molecular weight excluding hydrogens is 346 g/mol. The largest absolute Gasteiger partial charge is 0.377 e. The van der Waals surface area contributed by atoms with Gasteiger partial charge in [0.2, 0.25) is 0 Å². The third kappa shape index (κ3) is 3.21. The molecule has 2 atom stereocenters. The normalized spacial score (nSPS) is 22.1. The zero-order valence-electron chi connectivity index (χ0n) is 14.6. The molecular formula is C18H19N7O2. The molecule has 1 N–H and O–H groups in total. The Morgan fingerprint density at radius 3 is 2.93 bits per heavy atom. The number of hydrogen-bond acceptors (Lipinski definition) is 7. The minimum Gasteiger partial charge on any atom is -0.377 e. The second-order valence-electron chi connectivity index (χ2n) is 6.88. The molecule has 1 aliphatic carbocycles. The van der Waals surface area contributed by atoms with Crippen LogP contribution >= 0.6 is 0 Å². The van der Waals surface area contributed by atoms with Gasteiger partial charge in [0.25, 0.3) is 5.56 Å². The van der Waals surface area contributed by atoms with Gasteiger partial charge in [0, 0.05) is 24.4 Å². The maximum absolute atomic E-state index is 12.4. The lowest BCUT2D eigenvalue weighted by Crippen LogP contribution is -2.37. The van der Waals surface area contributed by atoms with Gasteiger partial charge < -0.3 is 10.1 Å². The number of aromatic nitrogens is 6. The van der Waals surface area contributed by atoms with Crippen LogP contribution in [0.4, 0.5) is 5.82 Å². The first-order valence-corrected chi connectivity index (χ1v) is 9.04. The van der Waals surface area contributed by atoms with Gasteiger partial charge in [0.15, 0.2) is 5.82 Å². The smallest absolute Gasteiger partial charge is 0.267 e. The third-order valence-corrected chi connectivity index (χ3v) is 4.90. The van der Waals surface area contributed by atoms with Gasteiger partial charge >= 0.3 is 0 Å². The van der Waals surface area contributed by atoms with Gasteiger partial charge in [-0.25, -0.2) is 14.3 Å². The summed E-state index contributed by atoms with van der Waals surface area (Å²) in [5, 5.41) is 12.1. The predicted molar refractivity (Wildman–Crippen MR) is 96.9 cm³/mol. The van der Waals surface area contributed by atoms with Gasteiger partial charge in [-0.3, -0.25) is 9.78 Å². The Morgan fingerprint density at radius 2 is 2.11 bits per heavy atom. The van der Waals surface area contributed by atoms with Crippen molar-refractivity contribution in [3.63, 3.8) is 0 Å². The van der Waals surface area contributed by atoms with Crippen molar-refractivity contribution in [3.05, 3.63) is 59.0 Å². The highest BCUT2D eigenvalue weighted by molar-refractivity contribution is 5.37. The van der Waals surface area contributed by atoms with Crippen LogP contribution in [0.5, 0.6) is 0 Å². The van der Waals surface area contributed by atoms with E-state index in [1.165, 1.54) is 0 Å². The van der Waals surface area contributed by atoms with E-state index in [0.717, 1.165) is 18.5 Å². The Bertz CT molecular complexity index is 997. The highest BCUT2D eigenvalue weighted by Gasteiger charge is 2.33. The molecule has 9 nitrogen and oxygen atoms in total. The fourth-order valence-corrected chi connectivity index (χ4v) is 3.33. The summed E-state index contributed by atoms with van der Waals surface area (Å²) in [4.78, 5) is 21.2. The van der Waals surface area contributed by atoms with E-state index >= 15 is 0 Å². The average Bonchev–Trinajstić information content (AvgIpc) is 3.19. The molecule has 1 aliphatic heterocycles. The Balaban J connectivity index is 1.40. The molecule has 1 saturated carbocycles. The first kappa shape index (κ1) is 16.1. The van der Waals surface area contributed by atoms with Gasteiger partial charge in [0.1, 0.15) is 11.9 Å². The summed E-state index contributed by atoms with van der Waals surface area (Å²) in [6.07, 6.45) is 9.08. The minimum atomic E-state index is -0.189. The predicted octanol–water partition coefficient (Wildman–Crippen LogP) is 1.15. The van der Waals surface area contributed by atoms with Crippen LogP contribution in [-0.2, 0) is 4.74 Å². The van der Waals surface area contributed by atoms with Gasteiger partial charge in [-0.05, 0) is 25.0 Å². The Hall–Kier alpha value is -3.07. The van der Waals surface area contributed by atoms with Crippen LogP contribution in [0, 0.1) is 0 Å². The molecule has 0 spiro atoms. The zero-order valence-corrected chi connectivity index (χ0v) is 14.6. The molecule has 5 rings (SSSR count). The van der Waals surface area contributed by atoms with Gasteiger partial charge in [-0.15, -0.1) is 0 Å². The number of nitrogens with zero attached hydrogens (tertiary/aromatic N) is 6. The van der Waals surface area contributed by atoms with Crippen LogP contribution < -0.4 is 10.9 Å². The summed E-state index contributed by atoms with van der Waals surface area (Å²) in [6.45, 7) is 0.908. The molecule has 0 bridgehead atoms. The first-order chi connectivity index (χ1) is 13.3. The van der Waals surface area contributed by atoms with E-state index in [1.54, 1.807) is 34.0 Å². The third-order valence-electron chi connectivity index (χ3n) is 4.90. The van der Waals surface area contributed by atoms with Crippen LogP contribution in [-0.4, -0.2) is 48.8 Å². The number of nitrogens with one attached hydrogen (secondary N) is 1. The summed E-state index contributed by atoms with van der Waals surface area (Å²) >= 11 is 0. The molecule has 3 aromatic heterocycles. The molecule has 4 heterocycles. The number of anilines is 1. The van der Waals surface area contributed by atoms with E-state index in [-0.39, 0.29) is 17.6 Å². The van der Waals surface area contributed by atoms with Crippen LogP contribution in [0.1, 0.15) is 30.5 Å². The van der Waals surface area contributed by atoms with Crippen LogP contribution in [0.15, 0.2) is 47.8 Å². The number of rotatable bonds is 5. The lowest BCUT2D eigenvalue weighted by Gasteiger charge is -2.21. The zero-order chi connectivity index (χ0) is 18.2. The topological polar surface area (TPSA) is 99.8 Å². The van der Waals surface area contributed by atoms with E-state index in [2.05, 4.69) is 25.5 Å². The molecule has 0 aromatic carbocycles. The molecule has 2 unspecified atom stereocenters. The second kappa shape index (κ2) is 6.58. The molecule has 2 fully saturated rings. The van der Waals surface area contributed by atoms with Gasteiger partial charge in [-0.2, -0.15) is 10.2 Å². The van der Waals surface area contributed by atoms with Crippen molar-refractivity contribution in [2.45, 2.75) is 30.8 Å². The Labute approximate surface area is 155 Å². The first-order valence-electron chi connectivity index (χ1n) is 9.04. The maximum Gasteiger partial charge on any atom is 0.267 e. The second-order valence-corrected chi connectivity index (χ2v) is 6.88. The minimum absolute atomic E-state index is 0.113. The number of ether oxygens (including phenoxy) is 1. The monoisotopic (exact) mass is 365 g/mol. The van der Waals surface area contributed by atoms with E-state index in [9.17, 15) is 4.79 Å². The van der Waals surface area contributed by atoms with E-state index in [4.69, 9.17) is 4.74 Å². The Morgan fingerprint density at radius 1 is 1.19 bits per heavy atom. The fraction of sp³-hybridized carbons (Fsp3) is 0.389. The lowest BCUT2D eigenvalue weighted by atomic mass is 10.1. The fourth-order valence-electron chi connectivity index (χ4n) is 3.33. The molecule has 0 radical (unpaired) electrons. The summed E-state index contributed by atoms with van der Waals surface area (Å²) in [5.74, 6) is 1.71. The summed E-state index contributed by atoms with van der Waals surface area (Å²) in [6, 6.07) is 4.97. The van der Waals surface area contributed by atoms with Crippen LogP contribution in [0.25, 0.3) is 5.82 Å². The van der Waals surface area contributed by atoms with Gasteiger partial charge in [-0.1, -0.05) is 0 Å². The van der Waals surface area contributed by atoms with Crippen molar-refractivity contribution in [2.24, 2.45) is 0 Å². The summed E-state index contributed by atoms with van der Waals surface area (Å²) < 4.78 is 8.85. The van der Waals surface area contributed by atoms with Crippen molar-refractivity contribution < 1.29 is 4.74 Å². The van der Waals surface area contributed by atoms with Crippen molar-refractivity contribution in [2.75, 3.05) is 18.5 Å². The van der Waals surface area contributed by atoms with Gasteiger partial charge in [0.05, 0.1) is 37.3 Å². The molecule has 27 heavy (non-hydrogen) atoms. The maximum atomic E-state index is 12.4.